The van der Waals surface area contributed by atoms with E-state index in [9.17, 15) is 9.90 Å². The number of aliphatic carboxylic acids is 1. The van der Waals surface area contributed by atoms with Crippen LogP contribution in [0, 0.1) is 5.41 Å². The van der Waals surface area contributed by atoms with Gasteiger partial charge in [-0.15, -0.1) is 12.4 Å². The summed E-state index contributed by atoms with van der Waals surface area (Å²) < 4.78 is 6.69. The summed E-state index contributed by atoms with van der Waals surface area (Å²) in [6, 6.07) is 20.8. The quantitative estimate of drug-likeness (QED) is 0.468. The van der Waals surface area contributed by atoms with Crippen LogP contribution in [0.5, 0.6) is 0 Å². The van der Waals surface area contributed by atoms with Crippen LogP contribution in [0.25, 0.3) is 0 Å². The Balaban J connectivity index is 0.00000341. The van der Waals surface area contributed by atoms with Gasteiger partial charge in [-0.05, 0) is 58.1 Å². The molecule has 4 nitrogen and oxygen atoms in total. The van der Waals surface area contributed by atoms with Crippen LogP contribution in [-0.2, 0) is 21.7 Å². The predicted octanol–water partition coefficient (Wildman–Crippen LogP) is 5.89. The van der Waals surface area contributed by atoms with Gasteiger partial charge in [0.2, 0.25) is 0 Å². The van der Waals surface area contributed by atoms with Crippen LogP contribution in [0.2, 0.25) is 0 Å². The van der Waals surface area contributed by atoms with Crippen molar-refractivity contribution < 1.29 is 14.6 Å². The van der Waals surface area contributed by atoms with E-state index in [-0.39, 0.29) is 12.4 Å². The average Bonchev–Trinajstić information content (AvgIpc) is 3.54. The number of halogens is 1. The van der Waals surface area contributed by atoms with Crippen LogP contribution in [0.1, 0.15) is 58.1 Å². The Morgan fingerprint density at radius 1 is 1.00 bits per heavy atom. The van der Waals surface area contributed by atoms with E-state index in [1.165, 1.54) is 0 Å². The van der Waals surface area contributed by atoms with Gasteiger partial charge in [-0.3, -0.25) is 9.69 Å². The first-order valence-electron chi connectivity index (χ1n) is 11.0. The first-order chi connectivity index (χ1) is 14.3. The topological polar surface area (TPSA) is 49.8 Å². The number of rotatable bonds is 11. The molecule has 0 amide bonds. The lowest BCUT2D eigenvalue weighted by Crippen LogP contribution is -2.48. The fraction of sp³-hybridized carbons (Fsp3) is 0.500. The highest BCUT2D eigenvalue weighted by molar-refractivity contribution is 5.85. The predicted molar refractivity (Wildman–Crippen MR) is 127 cm³/mol. The molecule has 0 aliphatic heterocycles. The molecule has 1 aliphatic rings. The van der Waals surface area contributed by atoms with Crippen molar-refractivity contribution in [2.75, 3.05) is 6.54 Å². The van der Waals surface area contributed by atoms with Crippen LogP contribution < -0.4 is 0 Å². The zero-order chi connectivity index (χ0) is 21.8. The maximum Gasteiger partial charge on any atom is 0.312 e. The standard InChI is InChI=1S/C26H35NO3.ClH/c1-20(2)27(21(3)4)18-17-26(23-13-9-6-10-14-23,25(15-16-25)24(28)29)30-19-22-11-7-5-8-12-22;/h5-14,20-21H,15-19H2,1-4H3,(H,28,29);1H. The highest BCUT2D eigenvalue weighted by Crippen LogP contribution is 2.62. The van der Waals surface area contributed by atoms with Gasteiger partial charge in [-0.1, -0.05) is 60.7 Å². The summed E-state index contributed by atoms with van der Waals surface area (Å²) in [5.74, 6) is -0.750. The minimum atomic E-state index is -0.872. The third-order valence-electron chi connectivity index (χ3n) is 6.55. The molecule has 0 saturated heterocycles. The Kier molecular flexibility index (Phi) is 8.70. The Morgan fingerprint density at radius 2 is 1.52 bits per heavy atom. The van der Waals surface area contributed by atoms with E-state index in [1.54, 1.807) is 0 Å². The second-order valence-corrected chi connectivity index (χ2v) is 9.03. The molecule has 1 saturated carbocycles. The molecule has 1 atom stereocenters. The van der Waals surface area contributed by atoms with E-state index in [0.717, 1.165) is 17.7 Å². The number of ether oxygens (including phenoxy) is 1. The second kappa shape index (κ2) is 10.6. The van der Waals surface area contributed by atoms with Gasteiger partial charge in [0, 0.05) is 18.6 Å². The summed E-state index contributed by atoms with van der Waals surface area (Å²) in [5.41, 5.74) is 0.289. The first-order valence-corrected chi connectivity index (χ1v) is 11.0. The SMILES string of the molecule is CC(C)N(CCC(OCc1ccccc1)(c1ccccc1)C1(C(=O)O)CC1)C(C)C.Cl. The molecule has 170 valence electrons. The Morgan fingerprint density at radius 3 is 1.97 bits per heavy atom. The third-order valence-corrected chi connectivity index (χ3v) is 6.55. The van der Waals surface area contributed by atoms with Gasteiger partial charge >= 0.3 is 5.97 Å². The first kappa shape index (κ1) is 25.4. The summed E-state index contributed by atoms with van der Waals surface area (Å²) in [4.78, 5) is 15.0. The van der Waals surface area contributed by atoms with Crippen LogP contribution in [0.4, 0.5) is 0 Å². The van der Waals surface area contributed by atoms with Gasteiger partial charge < -0.3 is 9.84 Å². The number of carbonyl (C=O) groups is 1. The summed E-state index contributed by atoms with van der Waals surface area (Å²) in [7, 11) is 0. The molecule has 0 heterocycles. The fourth-order valence-electron chi connectivity index (χ4n) is 4.76. The average molecular weight is 446 g/mol. The van der Waals surface area contributed by atoms with Gasteiger partial charge in [0.05, 0.1) is 6.61 Å². The van der Waals surface area contributed by atoms with Crippen molar-refractivity contribution in [3.63, 3.8) is 0 Å². The molecule has 0 aromatic heterocycles. The molecule has 1 aliphatic carbocycles. The van der Waals surface area contributed by atoms with Crippen molar-refractivity contribution in [3.8, 4) is 0 Å². The maximum atomic E-state index is 12.5. The summed E-state index contributed by atoms with van der Waals surface area (Å²) in [6.45, 7) is 9.96. The van der Waals surface area contributed by atoms with Crippen molar-refractivity contribution >= 4 is 18.4 Å². The third kappa shape index (κ3) is 5.31. The van der Waals surface area contributed by atoms with Crippen LogP contribution in [0.3, 0.4) is 0 Å². The molecule has 2 aromatic carbocycles. The molecule has 2 aromatic rings. The van der Waals surface area contributed by atoms with E-state index in [1.807, 2.05) is 60.7 Å². The van der Waals surface area contributed by atoms with Gasteiger partial charge in [0.25, 0.3) is 0 Å². The second-order valence-electron chi connectivity index (χ2n) is 9.03. The number of carboxylic acid groups (broad SMARTS) is 1. The fourth-order valence-corrected chi connectivity index (χ4v) is 4.76. The minimum Gasteiger partial charge on any atom is -0.481 e. The van der Waals surface area contributed by atoms with Crippen molar-refractivity contribution in [3.05, 3.63) is 71.8 Å². The van der Waals surface area contributed by atoms with Gasteiger partial charge in [-0.2, -0.15) is 0 Å². The van der Waals surface area contributed by atoms with Crippen molar-refractivity contribution in [1.82, 2.24) is 4.90 Å². The normalized spacial score (nSPS) is 16.7. The lowest BCUT2D eigenvalue weighted by molar-refractivity contribution is -0.171. The molecular weight excluding hydrogens is 410 g/mol. The maximum absolute atomic E-state index is 12.5. The number of benzene rings is 2. The molecule has 1 unspecified atom stereocenters. The van der Waals surface area contributed by atoms with Gasteiger partial charge in [0.1, 0.15) is 11.0 Å². The monoisotopic (exact) mass is 445 g/mol. The smallest absolute Gasteiger partial charge is 0.312 e. The van der Waals surface area contributed by atoms with Crippen molar-refractivity contribution in [1.29, 1.82) is 0 Å². The summed E-state index contributed by atoms with van der Waals surface area (Å²) >= 11 is 0. The molecule has 1 fully saturated rings. The lowest BCUT2D eigenvalue weighted by Gasteiger charge is -2.42. The number of carboxylic acids is 1. The van der Waals surface area contributed by atoms with Gasteiger partial charge in [0.15, 0.2) is 0 Å². The Hall–Kier alpha value is -1.88. The Labute approximate surface area is 193 Å². The molecule has 0 spiro atoms. The number of hydrogen-bond acceptors (Lipinski definition) is 3. The number of hydrogen-bond donors (Lipinski definition) is 1. The van der Waals surface area contributed by atoms with E-state index in [2.05, 4.69) is 32.6 Å². The van der Waals surface area contributed by atoms with Crippen molar-refractivity contribution in [2.45, 2.75) is 71.2 Å². The molecule has 5 heteroatoms. The van der Waals surface area contributed by atoms with E-state index in [0.29, 0.717) is 38.0 Å². The zero-order valence-electron chi connectivity index (χ0n) is 19.1. The molecule has 0 radical (unpaired) electrons. The molecule has 1 N–H and O–H groups in total. The highest BCUT2D eigenvalue weighted by atomic mass is 35.5. The van der Waals surface area contributed by atoms with Crippen molar-refractivity contribution in [2.24, 2.45) is 5.41 Å². The lowest BCUT2D eigenvalue weighted by atomic mass is 9.75. The molecule has 3 rings (SSSR count). The molecule has 0 bridgehead atoms. The van der Waals surface area contributed by atoms with Crippen LogP contribution in [-0.4, -0.2) is 34.6 Å². The summed E-state index contributed by atoms with van der Waals surface area (Å²) in [6.07, 6.45) is 1.94. The van der Waals surface area contributed by atoms with Crippen LogP contribution >= 0.6 is 12.4 Å². The molecule has 31 heavy (non-hydrogen) atoms. The highest BCUT2D eigenvalue weighted by Gasteiger charge is 2.66. The van der Waals surface area contributed by atoms with E-state index in [4.69, 9.17) is 4.74 Å². The number of nitrogens with zero attached hydrogens (tertiary/aromatic N) is 1. The van der Waals surface area contributed by atoms with E-state index < -0.39 is 17.0 Å². The largest absolute Gasteiger partial charge is 0.481 e. The Bertz CT molecular complexity index is 813. The van der Waals surface area contributed by atoms with E-state index >= 15 is 0 Å². The molecular formula is C26H36ClNO3. The minimum absolute atomic E-state index is 0. The summed E-state index contributed by atoms with van der Waals surface area (Å²) in [5, 5.41) is 10.3. The zero-order valence-corrected chi connectivity index (χ0v) is 19.9. The van der Waals surface area contributed by atoms with Gasteiger partial charge in [-0.25, -0.2) is 0 Å². The van der Waals surface area contributed by atoms with Crippen LogP contribution in [0.15, 0.2) is 60.7 Å².